The molecule has 0 saturated heterocycles. The van der Waals surface area contributed by atoms with Gasteiger partial charge in [0.15, 0.2) is 6.61 Å². The highest BCUT2D eigenvalue weighted by atomic mass is 16.5. The summed E-state index contributed by atoms with van der Waals surface area (Å²) >= 11 is 0. The molecule has 2 aromatic rings. The van der Waals surface area contributed by atoms with Crippen LogP contribution in [0.2, 0.25) is 0 Å². The van der Waals surface area contributed by atoms with E-state index in [1.54, 1.807) is 7.11 Å². The minimum Gasteiger partial charge on any atom is -0.497 e. The number of carbonyl (C=O) groups is 1. The summed E-state index contributed by atoms with van der Waals surface area (Å²) in [4.78, 5) is 12.1. The van der Waals surface area contributed by atoms with E-state index in [0.717, 1.165) is 23.3 Å². The Balaban J connectivity index is 1.89. The monoisotopic (exact) mass is 313 g/mol. The molecule has 0 aromatic heterocycles. The fourth-order valence-electron chi connectivity index (χ4n) is 2.28. The first-order chi connectivity index (χ1) is 11.1. The highest BCUT2D eigenvalue weighted by Gasteiger charge is 2.13. The molecule has 0 aliphatic carbocycles. The maximum absolute atomic E-state index is 12.1. The van der Waals surface area contributed by atoms with Gasteiger partial charge in [0.1, 0.15) is 11.5 Å². The van der Waals surface area contributed by atoms with Crippen molar-refractivity contribution in [2.45, 2.75) is 26.3 Å². The number of benzene rings is 2. The van der Waals surface area contributed by atoms with E-state index in [0.29, 0.717) is 5.75 Å². The van der Waals surface area contributed by atoms with Gasteiger partial charge in [-0.15, -0.1) is 0 Å². The number of aryl methyl sites for hydroxylation is 1. The number of rotatable bonds is 7. The summed E-state index contributed by atoms with van der Waals surface area (Å²) in [5.41, 5.74) is 2.21. The fourth-order valence-corrected chi connectivity index (χ4v) is 2.28. The molecule has 2 rings (SSSR count). The summed E-state index contributed by atoms with van der Waals surface area (Å²) in [6.45, 7) is 4.06. The molecule has 1 N–H and O–H groups in total. The molecule has 0 fully saturated rings. The first kappa shape index (κ1) is 16.9. The first-order valence-electron chi connectivity index (χ1n) is 7.75. The van der Waals surface area contributed by atoms with Crippen LogP contribution in [0.3, 0.4) is 0 Å². The largest absolute Gasteiger partial charge is 0.497 e. The molecule has 0 radical (unpaired) electrons. The van der Waals surface area contributed by atoms with Gasteiger partial charge in [-0.05, 0) is 43.2 Å². The molecule has 0 aliphatic heterocycles. The van der Waals surface area contributed by atoms with Crippen molar-refractivity contribution in [2.24, 2.45) is 0 Å². The zero-order valence-corrected chi connectivity index (χ0v) is 13.8. The van der Waals surface area contributed by atoms with Crippen molar-refractivity contribution in [3.8, 4) is 11.5 Å². The number of nitrogens with one attached hydrogen (secondary N) is 1. The van der Waals surface area contributed by atoms with Crippen LogP contribution in [0.25, 0.3) is 0 Å². The molecular formula is C19H23NO3. The Morgan fingerprint density at radius 3 is 2.22 bits per heavy atom. The summed E-state index contributed by atoms with van der Waals surface area (Å²) in [6, 6.07) is 15.3. The van der Waals surface area contributed by atoms with Crippen molar-refractivity contribution in [2.75, 3.05) is 13.7 Å². The molecular weight excluding hydrogens is 290 g/mol. The van der Waals surface area contributed by atoms with Gasteiger partial charge in [0, 0.05) is 0 Å². The molecule has 122 valence electrons. The molecule has 0 saturated carbocycles. The van der Waals surface area contributed by atoms with Gasteiger partial charge < -0.3 is 14.8 Å². The Labute approximate surface area is 137 Å². The van der Waals surface area contributed by atoms with E-state index in [1.807, 2.05) is 62.4 Å². The maximum Gasteiger partial charge on any atom is 0.258 e. The standard InChI is InChI=1S/C19H23NO3/c1-4-18(15-7-11-16(22-3)12-8-15)20-19(21)13-23-17-9-5-14(2)6-10-17/h5-12,18H,4,13H2,1-3H3,(H,20,21). The second-order valence-electron chi connectivity index (χ2n) is 5.40. The van der Waals surface area contributed by atoms with Gasteiger partial charge in [-0.25, -0.2) is 0 Å². The molecule has 1 atom stereocenters. The summed E-state index contributed by atoms with van der Waals surface area (Å²) < 4.78 is 10.7. The predicted molar refractivity (Wildman–Crippen MR) is 90.8 cm³/mol. The lowest BCUT2D eigenvalue weighted by Gasteiger charge is -2.18. The lowest BCUT2D eigenvalue weighted by atomic mass is 10.0. The van der Waals surface area contributed by atoms with Gasteiger partial charge >= 0.3 is 0 Å². The third-order valence-electron chi connectivity index (χ3n) is 3.65. The number of carbonyl (C=O) groups excluding carboxylic acids is 1. The molecule has 23 heavy (non-hydrogen) atoms. The van der Waals surface area contributed by atoms with Crippen molar-refractivity contribution in [1.29, 1.82) is 0 Å². The molecule has 0 heterocycles. The first-order valence-corrected chi connectivity index (χ1v) is 7.75. The van der Waals surface area contributed by atoms with Gasteiger partial charge in [-0.1, -0.05) is 36.8 Å². The number of amides is 1. The average molecular weight is 313 g/mol. The molecule has 0 spiro atoms. The minimum absolute atomic E-state index is 0.00964. The quantitative estimate of drug-likeness (QED) is 0.849. The lowest BCUT2D eigenvalue weighted by Crippen LogP contribution is -2.32. The number of methoxy groups -OCH3 is 1. The summed E-state index contributed by atoms with van der Waals surface area (Å²) in [5, 5.41) is 3.00. The average Bonchev–Trinajstić information content (AvgIpc) is 2.59. The zero-order valence-electron chi connectivity index (χ0n) is 13.8. The highest BCUT2D eigenvalue weighted by molar-refractivity contribution is 5.78. The van der Waals surface area contributed by atoms with Crippen LogP contribution in [0.1, 0.15) is 30.5 Å². The van der Waals surface area contributed by atoms with E-state index in [2.05, 4.69) is 5.32 Å². The van der Waals surface area contributed by atoms with E-state index < -0.39 is 0 Å². The van der Waals surface area contributed by atoms with Crippen molar-refractivity contribution in [3.63, 3.8) is 0 Å². The second kappa shape index (κ2) is 8.22. The Morgan fingerprint density at radius 2 is 1.65 bits per heavy atom. The van der Waals surface area contributed by atoms with E-state index in [9.17, 15) is 4.79 Å². The van der Waals surface area contributed by atoms with E-state index in [-0.39, 0.29) is 18.6 Å². The van der Waals surface area contributed by atoms with Crippen molar-refractivity contribution < 1.29 is 14.3 Å². The smallest absolute Gasteiger partial charge is 0.258 e. The molecule has 4 heteroatoms. The zero-order chi connectivity index (χ0) is 16.7. The van der Waals surface area contributed by atoms with E-state index in [1.165, 1.54) is 0 Å². The molecule has 2 aromatic carbocycles. The van der Waals surface area contributed by atoms with Crippen LogP contribution in [-0.2, 0) is 4.79 Å². The van der Waals surface area contributed by atoms with Gasteiger partial charge in [0.2, 0.25) is 0 Å². The normalized spacial score (nSPS) is 11.6. The number of hydrogen-bond acceptors (Lipinski definition) is 3. The van der Waals surface area contributed by atoms with Crippen LogP contribution in [0.5, 0.6) is 11.5 Å². The van der Waals surface area contributed by atoms with Crippen LogP contribution < -0.4 is 14.8 Å². The predicted octanol–water partition coefficient (Wildman–Crippen LogP) is 3.65. The summed E-state index contributed by atoms with van der Waals surface area (Å²) in [6.07, 6.45) is 0.808. The fraction of sp³-hybridized carbons (Fsp3) is 0.316. The van der Waals surface area contributed by atoms with Crippen LogP contribution in [0.15, 0.2) is 48.5 Å². The van der Waals surface area contributed by atoms with Crippen molar-refractivity contribution in [1.82, 2.24) is 5.32 Å². The van der Waals surface area contributed by atoms with Gasteiger partial charge in [-0.2, -0.15) is 0 Å². The van der Waals surface area contributed by atoms with Gasteiger partial charge in [-0.3, -0.25) is 4.79 Å². The highest BCUT2D eigenvalue weighted by Crippen LogP contribution is 2.20. The number of ether oxygens (including phenoxy) is 2. The van der Waals surface area contributed by atoms with Crippen molar-refractivity contribution in [3.05, 3.63) is 59.7 Å². The Bertz CT molecular complexity index is 620. The minimum atomic E-state index is -0.131. The van der Waals surface area contributed by atoms with E-state index >= 15 is 0 Å². The summed E-state index contributed by atoms with van der Waals surface area (Å²) in [5.74, 6) is 1.37. The summed E-state index contributed by atoms with van der Waals surface area (Å²) in [7, 11) is 1.64. The van der Waals surface area contributed by atoms with Crippen LogP contribution in [0.4, 0.5) is 0 Å². The topological polar surface area (TPSA) is 47.6 Å². The van der Waals surface area contributed by atoms with Gasteiger partial charge in [0.25, 0.3) is 5.91 Å². The van der Waals surface area contributed by atoms with Crippen molar-refractivity contribution >= 4 is 5.91 Å². The molecule has 0 aliphatic rings. The lowest BCUT2D eigenvalue weighted by molar-refractivity contribution is -0.123. The Kier molecular flexibility index (Phi) is 6.03. The molecule has 4 nitrogen and oxygen atoms in total. The molecule has 1 unspecified atom stereocenters. The third kappa shape index (κ3) is 5.02. The number of hydrogen-bond donors (Lipinski definition) is 1. The van der Waals surface area contributed by atoms with Crippen LogP contribution >= 0.6 is 0 Å². The maximum atomic E-state index is 12.1. The third-order valence-corrected chi connectivity index (χ3v) is 3.65. The van der Waals surface area contributed by atoms with Crippen LogP contribution in [0, 0.1) is 6.92 Å². The second-order valence-corrected chi connectivity index (χ2v) is 5.40. The SMILES string of the molecule is CCC(NC(=O)COc1ccc(C)cc1)c1ccc(OC)cc1. The Hall–Kier alpha value is -2.49. The Morgan fingerprint density at radius 1 is 1.04 bits per heavy atom. The molecule has 0 bridgehead atoms. The molecule has 1 amide bonds. The van der Waals surface area contributed by atoms with E-state index in [4.69, 9.17) is 9.47 Å². The van der Waals surface area contributed by atoms with Gasteiger partial charge in [0.05, 0.1) is 13.2 Å². The van der Waals surface area contributed by atoms with Crippen LogP contribution in [-0.4, -0.2) is 19.6 Å².